The SMILES string of the molecule is CC(NC(=O)C(C)(C)C)C(=O)NN=C(c1ccccc1)c1ccccc1. The first kappa shape index (κ1) is 19.4. The van der Waals surface area contributed by atoms with Crippen molar-refractivity contribution in [3.05, 3.63) is 71.8 Å². The van der Waals surface area contributed by atoms with Gasteiger partial charge in [0.1, 0.15) is 6.04 Å². The Hall–Kier alpha value is -2.95. The van der Waals surface area contributed by atoms with E-state index in [9.17, 15) is 9.59 Å². The van der Waals surface area contributed by atoms with Gasteiger partial charge in [0.05, 0.1) is 5.71 Å². The van der Waals surface area contributed by atoms with Crippen LogP contribution < -0.4 is 10.7 Å². The molecule has 0 heterocycles. The number of hydrogen-bond donors (Lipinski definition) is 2. The van der Waals surface area contributed by atoms with Crippen LogP contribution in [0.2, 0.25) is 0 Å². The summed E-state index contributed by atoms with van der Waals surface area (Å²) in [5.74, 6) is -0.553. The van der Waals surface area contributed by atoms with Gasteiger partial charge in [0.2, 0.25) is 5.91 Å². The number of carbonyl (C=O) groups excluding carboxylic acids is 2. The van der Waals surface area contributed by atoms with E-state index in [1.807, 2.05) is 60.7 Å². The van der Waals surface area contributed by atoms with E-state index >= 15 is 0 Å². The molecule has 26 heavy (non-hydrogen) atoms. The van der Waals surface area contributed by atoms with Crippen LogP contribution in [0.5, 0.6) is 0 Å². The van der Waals surface area contributed by atoms with Crippen LogP contribution in [0.4, 0.5) is 0 Å². The fourth-order valence-corrected chi connectivity index (χ4v) is 2.17. The highest BCUT2D eigenvalue weighted by molar-refractivity contribution is 6.13. The lowest BCUT2D eigenvalue weighted by Gasteiger charge is -2.21. The van der Waals surface area contributed by atoms with Crippen molar-refractivity contribution in [2.75, 3.05) is 0 Å². The maximum absolute atomic E-state index is 12.3. The molecule has 136 valence electrons. The number of carbonyl (C=O) groups is 2. The highest BCUT2D eigenvalue weighted by Crippen LogP contribution is 2.13. The maximum Gasteiger partial charge on any atom is 0.262 e. The monoisotopic (exact) mass is 351 g/mol. The van der Waals surface area contributed by atoms with Crippen LogP contribution in [0, 0.1) is 5.41 Å². The molecule has 0 fully saturated rings. The van der Waals surface area contributed by atoms with E-state index in [1.165, 1.54) is 0 Å². The summed E-state index contributed by atoms with van der Waals surface area (Å²) in [5, 5.41) is 7.02. The Bertz CT molecular complexity index is 736. The van der Waals surface area contributed by atoms with Crippen LogP contribution in [-0.2, 0) is 9.59 Å². The summed E-state index contributed by atoms with van der Waals surface area (Å²) in [6.45, 7) is 7.04. The van der Waals surface area contributed by atoms with Crippen LogP contribution in [0.25, 0.3) is 0 Å². The second kappa shape index (κ2) is 8.43. The molecule has 1 atom stereocenters. The van der Waals surface area contributed by atoms with Crippen LogP contribution in [0.3, 0.4) is 0 Å². The summed E-state index contributed by atoms with van der Waals surface area (Å²) in [6, 6.07) is 18.6. The van der Waals surface area contributed by atoms with Gasteiger partial charge in [0.15, 0.2) is 0 Å². The maximum atomic E-state index is 12.3. The zero-order valence-corrected chi connectivity index (χ0v) is 15.6. The van der Waals surface area contributed by atoms with Crippen molar-refractivity contribution in [1.82, 2.24) is 10.7 Å². The third kappa shape index (κ3) is 5.28. The number of rotatable bonds is 5. The topological polar surface area (TPSA) is 70.6 Å². The minimum absolute atomic E-state index is 0.185. The Morgan fingerprint density at radius 2 is 1.35 bits per heavy atom. The number of amides is 2. The Morgan fingerprint density at radius 1 is 0.885 bits per heavy atom. The van der Waals surface area contributed by atoms with Crippen molar-refractivity contribution in [1.29, 1.82) is 0 Å². The van der Waals surface area contributed by atoms with E-state index in [2.05, 4.69) is 15.8 Å². The quantitative estimate of drug-likeness (QED) is 0.642. The van der Waals surface area contributed by atoms with Gasteiger partial charge in [0, 0.05) is 16.5 Å². The van der Waals surface area contributed by atoms with E-state index in [0.717, 1.165) is 11.1 Å². The molecule has 0 aliphatic heterocycles. The summed E-state index contributed by atoms with van der Waals surface area (Å²) in [7, 11) is 0. The fourth-order valence-electron chi connectivity index (χ4n) is 2.17. The van der Waals surface area contributed by atoms with E-state index in [-0.39, 0.29) is 11.8 Å². The summed E-state index contributed by atoms with van der Waals surface area (Å²) < 4.78 is 0. The predicted molar refractivity (Wildman–Crippen MR) is 104 cm³/mol. The van der Waals surface area contributed by atoms with E-state index in [4.69, 9.17) is 0 Å². The fraction of sp³-hybridized carbons (Fsp3) is 0.286. The Morgan fingerprint density at radius 3 is 1.77 bits per heavy atom. The molecular formula is C21H25N3O2. The molecular weight excluding hydrogens is 326 g/mol. The number of nitrogens with zero attached hydrogens (tertiary/aromatic N) is 1. The molecule has 2 aromatic rings. The van der Waals surface area contributed by atoms with Crippen molar-refractivity contribution in [2.45, 2.75) is 33.7 Å². The minimum Gasteiger partial charge on any atom is -0.344 e. The lowest BCUT2D eigenvalue weighted by Crippen LogP contribution is -2.47. The van der Waals surface area contributed by atoms with Crippen LogP contribution in [0.15, 0.2) is 65.8 Å². The molecule has 2 amide bonds. The van der Waals surface area contributed by atoms with Gasteiger partial charge in [-0.2, -0.15) is 5.10 Å². The van der Waals surface area contributed by atoms with E-state index in [0.29, 0.717) is 5.71 Å². The molecule has 0 saturated heterocycles. The molecule has 1 unspecified atom stereocenters. The highest BCUT2D eigenvalue weighted by Gasteiger charge is 2.25. The number of benzene rings is 2. The van der Waals surface area contributed by atoms with Gasteiger partial charge in [0.25, 0.3) is 5.91 Å². The number of hydrazone groups is 1. The van der Waals surface area contributed by atoms with Crippen molar-refractivity contribution < 1.29 is 9.59 Å². The largest absolute Gasteiger partial charge is 0.344 e. The second-order valence-electron chi connectivity index (χ2n) is 7.11. The Labute approximate surface area is 154 Å². The number of hydrogen-bond acceptors (Lipinski definition) is 3. The first-order valence-electron chi connectivity index (χ1n) is 8.58. The molecule has 0 radical (unpaired) electrons. The molecule has 0 aromatic heterocycles. The normalized spacial score (nSPS) is 12.0. The predicted octanol–water partition coefficient (Wildman–Crippen LogP) is 3.11. The first-order valence-corrected chi connectivity index (χ1v) is 8.58. The smallest absolute Gasteiger partial charge is 0.262 e. The summed E-state index contributed by atoms with van der Waals surface area (Å²) >= 11 is 0. The van der Waals surface area contributed by atoms with Crippen LogP contribution in [0.1, 0.15) is 38.8 Å². The van der Waals surface area contributed by atoms with Crippen molar-refractivity contribution in [3.8, 4) is 0 Å². The first-order chi connectivity index (χ1) is 12.3. The van der Waals surface area contributed by atoms with Crippen molar-refractivity contribution in [3.63, 3.8) is 0 Å². The van der Waals surface area contributed by atoms with Gasteiger partial charge < -0.3 is 5.32 Å². The lowest BCUT2D eigenvalue weighted by molar-refractivity contribution is -0.133. The summed E-state index contributed by atoms with van der Waals surface area (Å²) in [4.78, 5) is 24.4. The highest BCUT2D eigenvalue weighted by atomic mass is 16.2. The Balaban J connectivity index is 2.18. The third-order valence-electron chi connectivity index (χ3n) is 3.79. The van der Waals surface area contributed by atoms with Crippen LogP contribution >= 0.6 is 0 Å². The third-order valence-corrected chi connectivity index (χ3v) is 3.79. The molecule has 0 spiro atoms. The molecule has 0 bridgehead atoms. The van der Waals surface area contributed by atoms with Crippen molar-refractivity contribution in [2.24, 2.45) is 10.5 Å². The van der Waals surface area contributed by atoms with Gasteiger partial charge >= 0.3 is 0 Å². The molecule has 5 nitrogen and oxygen atoms in total. The van der Waals surface area contributed by atoms with Gasteiger partial charge in [-0.3, -0.25) is 9.59 Å². The average Bonchev–Trinajstić information content (AvgIpc) is 2.62. The molecule has 0 aliphatic rings. The minimum atomic E-state index is -0.682. The lowest BCUT2D eigenvalue weighted by atomic mass is 9.95. The summed E-state index contributed by atoms with van der Waals surface area (Å²) in [6.07, 6.45) is 0. The molecule has 2 aromatic carbocycles. The molecule has 5 heteroatoms. The molecule has 0 aliphatic carbocycles. The zero-order valence-electron chi connectivity index (χ0n) is 15.6. The second-order valence-corrected chi connectivity index (χ2v) is 7.11. The zero-order chi connectivity index (χ0) is 19.2. The van der Waals surface area contributed by atoms with Crippen LogP contribution in [-0.4, -0.2) is 23.6 Å². The van der Waals surface area contributed by atoms with Gasteiger partial charge in [-0.1, -0.05) is 81.4 Å². The molecule has 2 rings (SSSR count). The van der Waals surface area contributed by atoms with Gasteiger partial charge in [-0.15, -0.1) is 0 Å². The standard InChI is InChI=1S/C21H25N3O2/c1-15(22-20(26)21(2,3)4)19(25)24-23-18(16-11-7-5-8-12-16)17-13-9-6-10-14-17/h5-15H,1-4H3,(H,22,26)(H,24,25). The molecule has 0 saturated carbocycles. The van der Waals surface area contributed by atoms with E-state index < -0.39 is 11.5 Å². The van der Waals surface area contributed by atoms with E-state index in [1.54, 1.807) is 27.7 Å². The summed E-state index contributed by atoms with van der Waals surface area (Å²) in [5.41, 5.74) is 4.46. The Kier molecular flexibility index (Phi) is 6.28. The van der Waals surface area contributed by atoms with Gasteiger partial charge in [-0.25, -0.2) is 5.43 Å². The number of nitrogens with one attached hydrogen (secondary N) is 2. The average molecular weight is 351 g/mol. The molecule has 2 N–H and O–H groups in total. The van der Waals surface area contributed by atoms with Gasteiger partial charge in [-0.05, 0) is 6.92 Å². The van der Waals surface area contributed by atoms with Crippen molar-refractivity contribution >= 4 is 17.5 Å².